The molecule has 3 heterocycles. The Morgan fingerprint density at radius 2 is 2.03 bits per heavy atom. The molecule has 4 aromatic rings. The Bertz CT molecular complexity index is 1180. The highest BCUT2D eigenvalue weighted by Gasteiger charge is 2.29. The van der Waals surface area contributed by atoms with Gasteiger partial charge in [-0.3, -0.25) is 9.78 Å². The zero-order chi connectivity index (χ0) is 20.3. The number of fused-ring (bicyclic) bond motifs is 1. The predicted molar refractivity (Wildman–Crippen MR) is 115 cm³/mol. The molecule has 1 amide bonds. The topological polar surface area (TPSA) is 80.6 Å². The van der Waals surface area contributed by atoms with Gasteiger partial charge in [-0.05, 0) is 48.7 Å². The maximum atomic E-state index is 11.9. The summed E-state index contributed by atoms with van der Waals surface area (Å²) in [6.07, 6.45) is 9.19. The van der Waals surface area contributed by atoms with E-state index in [1.807, 2.05) is 65.3 Å². The molecule has 1 fully saturated rings. The van der Waals surface area contributed by atoms with E-state index in [2.05, 4.69) is 20.6 Å². The molecule has 150 valence electrons. The summed E-state index contributed by atoms with van der Waals surface area (Å²) in [5.74, 6) is 2.17. The number of ether oxygens (including phenoxy) is 1. The molecule has 0 unspecified atom stereocenters. The summed E-state index contributed by atoms with van der Waals surface area (Å²) >= 11 is 0. The fourth-order valence-electron chi connectivity index (χ4n) is 3.18. The minimum atomic E-state index is 0.0467. The predicted octanol–water partition coefficient (Wildman–Crippen LogP) is 4.48. The second-order valence-electron chi connectivity index (χ2n) is 7.36. The molecule has 7 nitrogen and oxygen atoms in total. The number of amides is 1. The highest BCUT2D eigenvalue weighted by atomic mass is 16.5. The van der Waals surface area contributed by atoms with E-state index < -0.39 is 0 Å². The summed E-state index contributed by atoms with van der Waals surface area (Å²) in [5.41, 5.74) is 2.82. The molecule has 7 heteroatoms. The summed E-state index contributed by atoms with van der Waals surface area (Å²) in [7, 11) is 0. The van der Waals surface area contributed by atoms with Crippen molar-refractivity contribution in [2.45, 2.75) is 19.4 Å². The van der Waals surface area contributed by atoms with E-state index in [0.717, 1.165) is 35.5 Å². The third-order valence-corrected chi connectivity index (χ3v) is 4.91. The van der Waals surface area contributed by atoms with Gasteiger partial charge in [-0.2, -0.15) is 0 Å². The molecule has 0 bridgehead atoms. The van der Waals surface area contributed by atoms with Gasteiger partial charge in [-0.15, -0.1) is 0 Å². The van der Waals surface area contributed by atoms with Gasteiger partial charge >= 0.3 is 0 Å². The average Bonchev–Trinajstić information content (AvgIpc) is 3.54. The number of imidazole rings is 1. The van der Waals surface area contributed by atoms with E-state index in [1.165, 1.54) is 0 Å². The van der Waals surface area contributed by atoms with Crippen LogP contribution in [0.25, 0.3) is 5.65 Å². The Kier molecular flexibility index (Phi) is 4.77. The van der Waals surface area contributed by atoms with Crippen LogP contribution in [0, 0.1) is 5.92 Å². The summed E-state index contributed by atoms with van der Waals surface area (Å²) in [6.45, 7) is 0.688. The van der Waals surface area contributed by atoms with Gasteiger partial charge in [0.25, 0.3) is 0 Å². The van der Waals surface area contributed by atoms with E-state index in [-0.39, 0.29) is 11.8 Å². The average molecular weight is 399 g/mol. The van der Waals surface area contributed by atoms with Crippen molar-refractivity contribution < 1.29 is 9.53 Å². The van der Waals surface area contributed by atoms with Gasteiger partial charge < -0.3 is 19.8 Å². The Labute approximate surface area is 173 Å². The van der Waals surface area contributed by atoms with Gasteiger partial charge in [-0.25, -0.2) is 4.98 Å². The molecule has 30 heavy (non-hydrogen) atoms. The molecular weight excluding hydrogens is 378 g/mol. The summed E-state index contributed by atoms with van der Waals surface area (Å²) < 4.78 is 7.88. The van der Waals surface area contributed by atoms with Crippen molar-refractivity contribution in [2.75, 3.05) is 10.6 Å². The second-order valence-corrected chi connectivity index (χ2v) is 7.36. The number of anilines is 2. The number of nitrogens with zero attached hydrogens (tertiary/aromatic N) is 3. The molecule has 0 radical (unpaired) electrons. The third-order valence-electron chi connectivity index (χ3n) is 4.91. The lowest BCUT2D eigenvalue weighted by atomic mass is 10.2. The fourth-order valence-corrected chi connectivity index (χ4v) is 3.18. The minimum Gasteiger partial charge on any atom is -0.456 e. The third kappa shape index (κ3) is 4.25. The van der Waals surface area contributed by atoms with E-state index in [9.17, 15) is 4.79 Å². The van der Waals surface area contributed by atoms with Gasteiger partial charge in [0.2, 0.25) is 5.91 Å². The number of hydrogen-bond donors (Lipinski definition) is 2. The van der Waals surface area contributed by atoms with Crippen molar-refractivity contribution in [3.8, 4) is 11.5 Å². The quantitative estimate of drug-likeness (QED) is 0.479. The molecule has 0 atom stereocenters. The minimum absolute atomic E-state index is 0.0467. The lowest BCUT2D eigenvalue weighted by Gasteiger charge is -2.10. The zero-order valence-corrected chi connectivity index (χ0v) is 16.3. The van der Waals surface area contributed by atoms with Gasteiger partial charge in [0.1, 0.15) is 17.1 Å². The molecule has 5 rings (SSSR count). The molecule has 1 saturated carbocycles. The number of carbonyl (C=O) groups is 1. The lowest BCUT2D eigenvalue weighted by molar-refractivity contribution is -0.117. The number of nitrogens with one attached hydrogen (secondary N) is 2. The van der Waals surface area contributed by atoms with Crippen LogP contribution in [0.2, 0.25) is 0 Å². The van der Waals surface area contributed by atoms with Crippen LogP contribution in [0.15, 0.2) is 73.3 Å². The Morgan fingerprint density at radius 1 is 1.10 bits per heavy atom. The lowest BCUT2D eigenvalue weighted by Crippen LogP contribution is -2.13. The first-order chi connectivity index (χ1) is 14.7. The molecule has 3 aromatic heterocycles. The summed E-state index contributed by atoms with van der Waals surface area (Å²) in [4.78, 5) is 20.5. The van der Waals surface area contributed by atoms with Crippen molar-refractivity contribution in [3.05, 3.63) is 78.9 Å². The van der Waals surface area contributed by atoms with Gasteiger partial charge in [0.05, 0.1) is 12.4 Å². The van der Waals surface area contributed by atoms with Crippen LogP contribution in [0.3, 0.4) is 0 Å². The summed E-state index contributed by atoms with van der Waals surface area (Å²) in [6, 6.07) is 15.5. The highest BCUT2D eigenvalue weighted by Crippen LogP contribution is 2.30. The van der Waals surface area contributed by atoms with Crippen LogP contribution in [0.1, 0.15) is 18.4 Å². The van der Waals surface area contributed by atoms with Gasteiger partial charge in [0, 0.05) is 36.6 Å². The smallest absolute Gasteiger partial charge is 0.228 e. The van der Waals surface area contributed by atoms with Crippen molar-refractivity contribution in [1.29, 1.82) is 0 Å². The fraction of sp³-hybridized carbons (Fsp3) is 0.174. The Hall–Kier alpha value is -3.87. The molecule has 0 saturated heterocycles. The Morgan fingerprint density at radius 3 is 2.87 bits per heavy atom. The van der Waals surface area contributed by atoms with Crippen LogP contribution in [-0.2, 0) is 11.3 Å². The van der Waals surface area contributed by atoms with E-state index in [0.29, 0.717) is 18.1 Å². The van der Waals surface area contributed by atoms with Crippen LogP contribution in [-0.4, -0.2) is 20.3 Å². The first-order valence-electron chi connectivity index (χ1n) is 9.93. The van der Waals surface area contributed by atoms with E-state index in [1.54, 1.807) is 12.4 Å². The second kappa shape index (κ2) is 7.87. The van der Waals surface area contributed by atoms with Crippen LogP contribution < -0.4 is 15.4 Å². The SMILES string of the molecule is O=C(Nc1cn2cc(Oc3cccc(NCc4cccnc4)c3)ccc2n1)C1CC1. The number of aromatic nitrogens is 3. The first-order valence-corrected chi connectivity index (χ1v) is 9.93. The van der Waals surface area contributed by atoms with Crippen LogP contribution in [0.5, 0.6) is 11.5 Å². The van der Waals surface area contributed by atoms with Gasteiger partial charge in [0.15, 0.2) is 5.82 Å². The number of pyridine rings is 2. The molecule has 1 aliphatic carbocycles. The van der Waals surface area contributed by atoms with Crippen molar-refractivity contribution in [3.63, 3.8) is 0 Å². The van der Waals surface area contributed by atoms with Crippen LogP contribution in [0.4, 0.5) is 11.5 Å². The van der Waals surface area contributed by atoms with Crippen LogP contribution >= 0.6 is 0 Å². The number of carbonyl (C=O) groups excluding carboxylic acids is 1. The molecule has 0 spiro atoms. The monoisotopic (exact) mass is 399 g/mol. The van der Waals surface area contributed by atoms with Crippen molar-refractivity contribution in [1.82, 2.24) is 14.4 Å². The van der Waals surface area contributed by atoms with Crippen molar-refractivity contribution in [2.24, 2.45) is 5.92 Å². The summed E-state index contributed by atoms with van der Waals surface area (Å²) in [5, 5.41) is 6.25. The normalized spacial score (nSPS) is 13.2. The molecule has 1 aliphatic rings. The Balaban J connectivity index is 1.27. The highest BCUT2D eigenvalue weighted by molar-refractivity contribution is 5.93. The van der Waals surface area contributed by atoms with E-state index >= 15 is 0 Å². The van der Waals surface area contributed by atoms with E-state index in [4.69, 9.17) is 4.74 Å². The maximum Gasteiger partial charge on any atom is 0.228 e. The van der Waals surface area contributed by atoms with Crippen molar-refractivity contribution >= 4 is 23.1 Å². The number of benzene rings is 1. The maximum absolute atomic E-state index is 11.9. The molecular formula is C23H21N5O2. The molecule has 2 N–H and O–H groups in total. The zero-order valence-electron chi connectivity index (χ0n) is 16.3. The number of hydrogen-bond acceptors (Lipinski definition) is 5. The number of rotatable bonds is 7. The standard InChI is InChI=1S/C23H21N5O2/c29-23(17-6-7-17)27-21-15-28-14-20(8-9-22(28)26-21)30-19-5-1-4-18(11-19)25-13-16-3-2-10-24-12-16/h1-5,8-12,14-15,17,25H,6-7,13H2,(H,27,29). The van der Waals surface area contributed by atoms with Gasteiger partial charge in [-0.1, -0.05) is 12.1 Å². The largest absolute Gasteiger partial charge is 0.456 e. The first kappa shape index (κ1) is 18.2. The molecule has 0 aliphatic heterocycles. The molecule has 1 aromatic carbocycles.